The molecular weight excluding hydrogens is 812 g/mol. The fourth-order valence-corrected chi connectivity index (χ4v) is 9.28. The van der Waals surface area contributed by atoms with Crippen LogP contribution in [0.5, 0.6) is 5.75 Å². The number of ether oxygens (including phenoxy) is 3. The number of aromatic nitrogens is 3. The van der Waals surface area contributed by atoms with E-state index < -0.39 is 53.4 Å². The smallest absolute Gasteiger partial charge is 0.347 e. The van der Waals surface area contributed by atoms with Crippen LogP contribution in [0.25, 0.3) is 0 Å². The summed E-state index contributed by atoms with van der Waals surface area (Å²) in [6.45, 7) is 12.9. The molecule has 16 heteroatoms. The van der Waals surface area contributed by atoms with Gasteiger partial charge in [-0.3, -0.25) is 28.8 Å². The summed E-state index contributed by atoms with van der Waals surface area (Å²) in [6, 6.07) is 13.2. The van der Waals surface area contributed by atoms with Gasteiger partial charge < -0.3 is 30.0 Å². The molecule has 0 saturated carbocycles. The van der Waals surface area contributed by atoms with E-state index in [-0.39, 0.29) is 55.4 Å². The molecule has 3 aromatic rings. The lowest BCUT2D eigenvalue weighted by Crippen LogP contribution is -2.51. The molecular formula is C46H63N6O9P. The third-order valence-corrected chi connectivity index (χ3v) is 13.2. The van der Waals surface area contributed by atoms with E-state index in [1.54, 1.807) is 31.7 Å². The molecule has 15 nitrogen and oxygen atoms in total. The molecule has 2 amide bonds. The van der Waals surface area contributed by atoms with Crippen molar-refractivity contribution in [2.45, 2.75) is 123 Å². The van der Waals surface area contributed by atoms with Crippen LogP contribution >= 0.6 is 8.58 Å². The molecule has 336 valence electrons. The van der Waals surface area contributed by atoms with Crippen molar-refractivity contribution in [1.82, 2.24) is 30.5 Å². The zero-order valence-electron chi connectivity index (χ0n) is 37.2. The average Bonchev–Trinajstić information content (AvgIpc) is 3.89. The third-order valence-electron chi connectivity index (χ3n) is 11.3. The lowest BCUT2D eigenvalue weighted by molar-refractivity contribution is -0.179. The van der Waals surface area contributed by atoms with Gasteiger partial charge in [0, 0.05) is 63.2 Å². The number of methoxy groups -OCH3 is 1. The van der Waals surface area contributed by atoms with Gasteiger partial charge in [-0.15, -0.1) is 13.7 Å². The second-order valence-corrected chi connectivity index (χ2v) is 19.3. The molecule has 1 fully saturated rings. The maximum absolute atomic E-state index is 13.9. The van der Waals surface area contributed by atoms with E-state index in [1.165, 1.54) is 11.6 Å². The quantitative estimate of drug-likeness (QED) is 0.121. The third kappa shape index (κ3) is 13.9. The molecule has 7 atom stereocenters. The molecule has 0 radical (unpaired) electrons. The van der Waals surface area contributed by atoms with Gasteiger partial charge >= 0.3 is 17.9 Å². The molecule has 2 aliphatic rings. The number of hydrogen-bond acceptors (Lipinski definition) is 11. The maximum Gasteiger partial charge on any atom is 0.347 e. The van der Waals surface area contributed by atoms with Crippen LogP contribution in [0.15, 0.2) is 60.8 Å². The Morgan fingerprint density at radius 3 is 2.47 bits per heavy atom. The van der Waals surface area contributed by atoms with Crippen molar-refractivity contribution in [3.05, 3.63) is 88.8 Å². The molecule has 3 unspecified atom stereocenters. The van der Waals surface area contributed by atoms with Crippen LogP contribution in [0.1, 0.15) is 93.9 Å². The minimum Gasteiger partial charge on any atom is -0.496 e. The standard InChI is InChI=1S/C46H63N6O9P/c1-28(2)21-38-44(57)60-37(11-9-12-39(53)48-35(23-32-16-19-36(59-8)29(3)22-32)43(56)47-27-46(5,6)45(58)61-38)30(4)41-42(62-41)33-17-14-31(15-18-33)24-51(7)25-34-26-52(50-49-34)20-10-13-40(54)55/h9,12,14-19,22,26,28,30,35,37-38,41-42,62H,10-11,13,20-21,23-25,27H2,1-8H3,(H,47,56)(H,48,53)(H,54,55)/b12-9+/t30-,35+,37-,38-,41?,42?/m0/s1. The number of benzene rings is 2. The predicted octanol–water partition coefficient (Wildman–Crippen LogP) is 5.53. The highest BCUT2D eigenvalue weighted by atomic mass is 31.1. The maximum atomic E-state index is 13.9. The first kappa shape index (κ1) is 47.9. The van der Waals surface area contributed by atoms with Crippen molar-refractivity contribution in [2.75, 3.05) is 20.7 Å². The molecule has 3 heterocycles. The number of carbonyl (C=O) groups is 5. The van der Waals surface area contributed by atoms with Crippen LogP contribution in [-0.2, 0) is 59.5 Å². The summed E-state index contributed by atoms with van der Waals surface area (Å²) in [7, 11) is 4.21. The number of cyclic esters (lactones) is 2. The number of aliphatic carboxylic acids is 1. The Hall–Kier alpha value is -5.14. The van der Waals surface area contributed by atoms with Crippen molar-refractivity contribution >= 4 is 38.3 Å². The van der Waals surface area contributed by atoms with E-state index in [4.69, 9.17) is 19.3 Å². The van der Waals surface area contributed by atoms with Crippen LogP contribution < -0.4 is 15.4 Å². The molecule has 1 aromatic heterocycles. The van der Waals surface area contributed by atoms with Crippen molar-refractivity contribution in [3.8, 4) is 5.75 Å². The molecule has 1 saturated heterocycles. The van der Waals surface area contributed by atoms with Gasteiger partial charge in [-0.05, 0) is 86.6 Å². The van der Waals surface area contributed by atoms with Crippen molar-refractivity contribution < 1.29 is 43.3 Å². The monoisotopic (exact) mass is 874 g/mol. The van der Waals surface area contributed by atoms with Crippen LogP contribution in [0, 0.1) is 24.2 Å². The zero-order chi connectivity index (χ0) is 45.1. The van der Waals surface area contributed by atoms with Gasteiger partial charge in [0.15, 0.2) is 6.10 Å². The van der Waals surface area contributed by atoms with Gasteiger partial charge in [0.05, 0.1) is 18.2 Å². The summed E-state index contributed by atoms with van der Waals surface area (Å²) >= 11 is 0. The second kappa shape index (κ2) is 21.8. The largest absolute Gasteiger partial charge is 0.496 e. The molecule has 2 aromatic carbocycles. The van der Waals surface area contributed by atoms with Crippen molar-refractivity contribution in [3.63, 3.8) is 0 Å². The molecule has 0 aliphatic carbocycles. The second-order valence-electron chi connectivity index (χ2n) is 17.7. The van der Waals surface area contributed by atoms with E-state index >= 15 is 0 Å². The van der Waals surface area contributed by atoms with Gasteiger partial charge in [-0.2, -0.15) is 0 Å². The van der Waals surface area contributed by atoms with Crippen LogP contribution in [-0.4, -0.2) is 99.3 Å². The first-order valence-corrected chi connectivity index (χ1v) is 22.5. The first-order chi connectivity index (χ1) is 29.4. The summed E-state index contributed by atoms with van der Waals surface area (Å²) in [5.41, 5.74) is 4.19. The minimum atomic E-state index is -1.19. The molecule has 2 aliphatic heterocycles. The van der Waals surface area contributed by atoms with E-state index in [9.17, 15) is 24.0 Å². The lowest BCUT2D eigenvalue weighted by Gasteiger charge is -2.30. The van der Waals surface area contributed by atoms with Gasteiger partial charge in [-0.1, -0.05) is 68.5 Å². The highest BCUT2D eigenvalue weighted by Gasteiger charge is 2.46. The number of esters is 2. The van der Waals surface area contributed by atoms with E-state index in [0.717, 1.165) is 22.4 Å². The fourth-order valence-electron chi connectivity index (χ4n) is 7.58. The number of carboxylic acids is 1. The fraction of sp³-hybridized carbons (Fsp3) is 0.543. The Morgan fingerprint density at radius 2 is 1.79 bits per heavy atom. The first-order valence-electron chi connectivity index (χ1n) is 21.4. The average molecular weight is 875 g/mol. The number of nitrogens with one attached hydrogen (secondary N) is 2. The number of aryl methyl sites for hydroxylation is 2. The highest BCUT2D eigenvalue weighted by molar-refractivity contribution is 7.48. The highest BCUT2D eigenvalue weighted by Crippen LogP contribution is 2.65. The number of carboxylic acid groups (broad SMARTS) is 1. The summed E-state index contributed by atoms with van der Waals surface area (Å²) in [6.07, 6.45) is 4.48. The van der Waals surface area contributed by atoms with Crippen molar-refractivity contribution in [2.24, 2.45) is 17.3 Å². The number of hydrogen-bond donors (Lipinski definition) is 3. The number of nitrogens with zero attached hydrogens (tertiary/aromatic N) is 4. The number of rotatable bonds is 16. The number of carbonyl (C=O) groups excluding carboxylic acids is 4. The van der Waals surface area contributed by atoms with Gasteiger partial charge in [0.1, 0.15) is 17.9 Å². The van der Waals surface area contributed by atoms with Crippen molar-refractivity contribution in [1.29, 1.82) is 0 Å². The normalized spacial score (nSPS) is 23.6. The zero-order valence-corrected chi connectivity index (χ0v) is 38.2. The Kier molecular flexibility index (Phi) is 16.8. The minimum absolute atomic E-state index is 0.0187. The molecule has 3 N–H and O–H groups in total. The lowest BCUT2D eigenvalue weighted by atomic mass is 9.92. The molecule has 0 bridgehead atoms. The van der Waals surface area contributed by atoms with Gasteiger partial charge in [0.2, 0.25) is 11.8 Å². The van der Waals surface area contributed by atoms with Crippen LogP contribution in [0.4, 0.5) is 0 Å². The van der Waals surface area contributed by atoms with Gasteiger partial charge in [-0.25, -0.2) is 4.79 Å². The Labute approximate surface area is 366 Å². The van der Waals surface area contributed by atoms with Gasteiger partial charge in [0.25, 0.3) is 0 Å². The topological polar surface area (TPSA) is 191 Å². The van der Waals surface area contributed by atoms with Crippen LogP contribution in [0.3, 0.4) is 0 Å². The summed E-state index contributed by atoms with van der Waals surface area (Å²) in [5.74, 6) is -2.36. The number of amides is 2. The molecule has 62 heavy (non-hydrogen) atoms. The molecule has 5 rings (SSSR count). The van der Waals surface area contributed by atoms with Crippen LogP contribution in [0.2, 0.25) is 0 Å². The summed E-state index contributed by atoms with van der Waals surface area (Å²) in [4.78, 5) is 67.6. The molecule has 0 spiro atoms. The Bertz CT molecular complexity index is 2070. The summed E-state index contributed by atoms with van der Waals surface area (Å²) < 4.78 is 19.2. The Morgan fingerprint density at radius 1 is 1.06 bits per heavy atom. The summed E-state index contributed by atoms with van der Waals surface area (Å²) in [5, 5.41) is 22.9. The van der Waals surface area contributed by atoms with E-state index in [2.05, 4.69) is 57.0 Å². The SMILES string of the molecule is COc1ccc(C[C@H]2NC(=O)/C=C/C[C@@H]([C@H](C)C3PC3c3ccc(CN(C)Cc4cn(CCCC(=O)O)nn4)cc3)OC(=O)[C@H](CC(C)C)OC(=O)C(C)(C)CNC2=O)cc1C. The van der Waals surface area contributed by atoms with E-state index in [0.29, 0.717) is 40.4 Å². The van der Waals surface area contributed by atoms with E-state index in [1.807, 2.05) is 52.2 Å². The Balaban J connectivity index is 1.28. The predicted molar refractivity (Wildman–Crippen MR) is 236 cm³/mol.